The van der Waals surface area contributed by atoms with Gasteiger partial charge in [0.1, 0.15) is 6.29 Å². The van der Waals surface area contributed by atoms with Crippen molar-refractivity contribution in [3.05, 3.63) is 23.8 Å². The SMILES string of the molecule is CC1CCOC1C(C)CC1CC(c2ccc3c(c2)OCO3)CN1CC=O. The van der Waals surface area contributed by atoms with Crippen LogP contribution >= 0.6 is 0 Å². The van der Waals surface area contributed by atoms with Gasteiger partial charge < -0.3 is 19.0 Å². The summed E-state index contributed by atoms with van der Waals surface area (Å²) in [7, 11) is 0. The Bertz CT molecular complexity index is 649. The smallest absolute Gasteiger partial charge is 0.231 e. The predicted octanol–water partition coefficient (Wildman–Crippen LogP) is 3.22. The number of carbonyl (C=O) groups is 1. The summed E-state index contributed by atoms with van der Waals surface area (Å²) in [6.07, 6.45) is 4.73. The van der Waals surface area contributed by atoms with Crippen LogP contribution in [0.1, 0.15) is 44.6 Å². The molecule has 0 bridgehead atoms. The van der Waals surface area contributed by atoms with Crippen molar-refractivity contribution in [3.63, 3.8) is 0 Å². The summed E-state index contributed by atoms with van der Waals surface area (Å²) < 4.78 is 16.9. The van der Waals surface area contributed by atoms with E-state index in [9.17, 15) is 4.79 Å². The normalized spacial score (nSPS) is 32.1. The summed E-state index contributed by atoms with van der Waals surface area (Å²) in [6.45, 7) is 7.23. The van der Waals surface area contributed by atoms with E-state index in [-0.39, 0.29) is 0 Å². The number of likely N-dealkylation sites (tertiary alicyclic amines) is 1. The van der Waals surface area contributed by atoms with Gasteiger partial charge >= 0.3 is 0 Å². The van der Waals surface area contributed by atoms with Crippen LogP contribution in [0, 0.1) is 11.8 Å². The topological polar surface area (TPSA) is 48.0 Å². The maximum Gasteiger partial charge on any atom is 0.231 e. The lowest BCUT2D eigenvalue weighted by Gasteiger charge is -2.29. The molecule has 5 atom stereocenters. The summed E-state index contributed by atoms with van der Waals surface area (Å²) in [4.78, 5) is 13.5. The van der Waals surface area contributed by atoms with Gasteiger partial charge in [-0.15, -0.1) is 0 Å². The highest BCUT2D eigenvalue weighted by atomic mass is 16.7. The monoisotopic (exact) mass is 359 g/mol. The van der Waals surface area contributed by atoms with Gasteiger partial charge in [-0.3, -0.25) is 4.90 Å². The highest BCUT2D eigenvalue weighted by Crippen LogP contribution is 2.40. The van der Waals surface area contributed by atoms with E-state index < -0.39 is 0 Å². The molecule has 0 spiro atoms. The average Bonchev–Trinajstić information content (AvgIpc) is 3.34. The molecule has 5 nitrogen and oxygen atoms in total. The van der Waals surface area contributed by atoms with Crippen molar-refractivity contribution in [2.45, 2.75) is 51.2 Å². The molecule has 142 valence electrons. The molecule has 2 saturated heterocycles. The number of ether oxygens (including phenoxy) is 3. The van der Waals surface area contributed by atoms with Crippen molar-refractivity contribution < 1.29 is 19.0 Å². The van der Waals surface area contributed by atoms with Crippen LogP contribution < -0.4 is 9.47 Å². The Morgan fingerprint density at radius 2 is 2.15 bits per heavy atom. The highest BCUT2D eigenvalue weighted by Gasteiger charge is 2.37. The molecule has 4 rings (SSSR count). The molecule has 1 aromatic carbocycles. The first-order chi connectivity index (χ1) is 12.7. The zero-order valence-corrected chi connectivity index (χ0v) is 15.7. The van der Waals surface area contributed by atoms with E-state index in [1.165, 1.54) is 5.56 Å². The molecule has 0 amide bonds. The number of fused-ring (bicyclic) bond motifs is 1. The largest absolute Gasteiger partial charge is 0.454 e. The summed E-state index contributed by atoms with van der Waals surface area (Å²) in [5, 5.41) is 0. The molecule has 0 N–H and O–H groups in total. The van der Waals surface area contributed by atoms with Crippen molar-refractivity contribution in [1.82, 2.24) is 4.90 Å². The third kappa shape index (κ3) is 3.47. The predicted molar refractivity (Wildman–Crippen MR) is 98.7 cm³/mol. The van der Waals surface area contributed by atoms with Crippen LogP contribution in [0.15, 0.2) is 18.2 Å². The number of rotatable bonds is 6. The number of nitrogens with zero attached hydrogens (tertiary/aromatic N) is 1. The van der Waals surface area contributed by atoms with E-state index in [1.54, 1.807) is 0 Å². The second-order valence-corrected chi connectivity index (χ2v) is 8.13. The molecular weight excluding hydrogens is 330 g/mol. The average molecular weight is 359 g/mol. The van der Waals surface area contributed by atoms with E-state index in [4.69, 9.17) is 14.2 Å². The molecule has 3 aliphatic rings. The van der Waals surface area contributed by atoms with Gasteiger partial charge in [0.05, 0.1) is 12.6 Å². The lowest BCUT2D eigenvalue weighted by molar-refractivity contribution is -0.109. The fourth-order valence-electron chi connectivity index (χ4n) is 4.96. The Kier molecular flexibility index (Phi) is 5.18. The van der Waals surface area contributed by atoms with Gasteiger partial charge in [-0.2, -0.15) is 0 Å². The van der Waals surface area contributed by atoms with Crippen LogP contribution in [0.2, 0.25) is 0 Å². The Balaban J connectivity index is 1.45. The highest BCUT2D eigenvalue weighted by molar-refractivity contribution is 5.52. The van der Waals surface area contributed by atoms with Gasteiger partial charge in [0.25, 0.3) is 0 Å². The Morgan fingerprint density at radius 3 is 2.92 bits per heavy atom. The van der Waals surface area contributed by atoms with Crippen LogP contribution in [-0.4, -0.2) is 49.8 Å². The summed E-state index contributed by atoms with van der Waals surface area (Å²) in [6, 6.07) is 6.69. The molecule has 0 saturated carbocycles. The van der Waals surface area contributed by atoms with Crippen molar-refractivity contribution in [2.75, 3.05) is 26.5 Å². The van der Waals surface area contributed by atoms with Gasteiger partial charge in [-0.25, -0.2) is 0 Å². The van der Waals surface area contributed by atoms with Gasteiger partial charge in [-0.05, 0) is 54.7 Å². The van der Waals surface area contributed by atoms with E-state index in [0.717, 1.165) is 50.2 Å². The van der Waals surface area contributed by atoms with Crippen LogP contribution in [0.4, 0.5) is 0 Å². The first-order valence-corrected chi connectivity index (χ1v) is 9.84. The molecule has 3 aliphatic heterocycles. The number of carbonyl (C=O) groups excluding carboxylic acids is 1. The zero-order valence-electron chi connectivity index (χ0n) is 15.7. The minimum Gasteiger partial charge on any atom is -0.454 e. The van der Waals surface area contributed by atoms with E-state index in [2.05, 4.69) is 30.9 Å². The molecule has 1 aromatic rings. The minimum atomic E-state index is 0.306. The fraction of sp³-hybridized carbons (Fsp3) is 0.667. The second-order valence-electron chi connectivity index (χ2n) is 8.13. The number of benzene rings is 1. The van der Waals surface area contributed by atoms with Crippen molar-refractivity contribution in [2.24, 2.45) is 11.8 Å². The fourth-order valence-corrected chi connectivity index (χ4v) is 4.96. The van der Waals surface area contributed by atoms with Crippen molar-refractivity contribution in [1.29, 1.82) is 0 Å². The molecule has 2 fully saturated rings. The van der Waals surface area contributed by atoms with Gasteiger partial charge in [-0.1, -0.05) is 19.9 Å². The molecule has 5 unspecified atom stereocenters. The number of aldehydes is 1. The molecule has 5 heteroatoms. The maximum atomic E-state index is 11.2. The van der Waals surface area contributed by atoms with Crippen molar-refractivity contribution in [3.8, 4) is 11.5 Å². The Hall–Kier alpha value is -1.59. The Labute approximate surface area is 155 Å². The zero-order chi connectivity index (χ0) is 18.1. The number of hydrogen-bond acceptors (Lipinski definition) is 5. The van der Waals surface area contributed by atoms with Crippen LogP contribution in [0.5, 0.6) is 11.5 Å². The molecule has 3 heterocycles. The van der Waals surface area contributed by atoms with Gasteiger partial charge in [0.2, 0.25) is 6.79 Å². The second kappa shape index (κ2) is 7.57. The van der Waals surface area contributed by atoms with Gasteiger partial charge in [0.15, 0.2) is 11.5 Å². The van der Waals surface area contributed by atoms with E-state index in [1.807, 2.05) is 6.07 Å². The summed E-state index contributed by atoms with van der Waals surface area (Å²) in [5.74, 6) is 3.25. The Morgan fingerprint density at radius 1 is 1.31 bits per heavy atom. The van der Waals surface area contributed by atoms with E-state index >= 15 is 0 Å². The van der Waals surface area contributed by atoms with Crippen molar-refractivity contribution >= 4 is 6.29 Å². The first kappa shape index (κ1) is 17.8. The summed E-state index contributed by atoms with van der Waals surface area (Å²) in [5.41, 5.74) is 1.28. The molecule has 0 aromatic heterocycles. The van der Waals surface area contributed by atoms with Crippen LogP contribution in [-0.2, 0) is 9.53 Å². The summed E-state index contributed by atoms with van der Waals surface area (Å²) >= 11 is 0. The maximum absolute atomic E-state index is 11.2. The third-order valence-corrected chi connectivity index (χ3v) is 6.35. The van der Waals surface area contributed by atoms with Gasteiger partial charge in [0, 0.05) is 19.2 Å². The first-order valence-electron chi connectivity index (χ1n) is 9.84. The lowest BCUT2D eigenvalue weighted by Crippen LogP contribution is -2.35. The van der Waals surface area contributed by atoms with E-state index in [0.29, 0.717) is 43.2 Å². The number of hydrogen-bond donors (Lipinski definition) is 0. The molecular formula is C21H29NO4. The molecule has 0 radical (unpaired) electrons. The van der Waals surface area contributed by atoms with Crippen LogP contribution in [0.25, 0.3) is 0 Å². The standard InChI is InChI=1S/C21H29NO4/c1-14-5-8-24-21(14)15(2)9-18-10-17(12-22(18)6-7-23)16-3-4-19-20(11-16)26-13-25-19/h3-4,7,11,14-15,17-18,21H,5-6,8-10,12-13H2,1-2H3. The quantitative estimate of drug-likeness (QED) is 0.730. The molecule has 0 aliphatic carbocycles. The lowest BCUT2D eigenvalue weighted by atomic mass is 9.86. The third-order valence-electron chi connectivity index (χ3n) is 6.35. The van der Waals surface area contributed by atoms with Crippen LogP contribution in [0.3, 0.4) is 0 Å². The minimum absolute atomic E-state index is 0.306. The molecule has 26 heavy (non-hydrogen) atoms.